The molecule has 2 aromatic heterocycles. The molecular weight excluding hydrogens is 360 g/mol. The van der Waals surface area contributed by atoms with E-state index in [2.05, 4.69) is 18.2 Å². The van der Waals surface area contributed by atoms with Gasteiger partial charge in [-0.1, -0.05) is 48.5 Å². The van der Waals surface area contributed by atoms with Gasteiger partial charge in [0.1, 0.15) is 0 Å². The molecule has 4 nitrogen and oxygen atoms in total. The molecule has 0 unspecified atom stereocenters. The van der Waals surface area contributed by atoms with Crippen LogP contribution in [0.5, 0.6) is 0 Å². The number of pyridine rings is 2. The van der Waals surface area contributed by atoms with Gasteiger partial charge in [0, 0.05) is 22.2 Å². The Labute approximate surface area is 170 Å². The maximum absolute atomic E-state index is 12.2. The Bertz CT molecular complexity index is 1200. The van der Waals surface area contributed by atoms with Crippen molar-refractivity contribution in [2.24, 2.45) is 0 Å². The smallest absolute Gasteiger partial charge is 0.339 e. The van der Waals surface area contributed by atoms with Crippen molar-refractivity contribution in [3.63, 3.8) is 0 Å². The molecule has 2 aromatic carbocycles. The summed E-state index contributed by atoms with van der Waals surface area (Å²) < 4.78 is 5.14. The number of fused-ring (bicyclic) bond motifs is 1. The number of ether oxygens (including phenoxy) is 1. The van der Waals surface area contributed by atoms with Gasteiger partial charge >= 0.3 is 5.97 Å². The van der Waals surface area contributed by atoms with Crippen LogP contribution in [-0.4, -0.2) is 22.5 Å². The molecule has 4 aromatic rings. The molecule has 0 amide bonds. The van der Waals surface area contributed by atoms with Crippen molar-refractivity contribution in [1.82, 2.24) is 9.97 Å². The summed E-state index contributed by atoms with van der Waals surface area (Å²) in [4.78, 5) is 21.8. The largest absolute Gasteiger partial charge is 0.462 e. The molecule has 144 valence electrons. The summed E-state index contributed by atoms with van der Waals surface area (Å²) in [6.07, 6.45) is 0. The average molecular weight is 382 g/mol. The number of para-hydroxylation sites is 1. The lowest BCUT2D eigenvalue weighted by Crippen LogP contribution is -2.08. The molecule has 0 bridgehead atoms. The number of carbonyl (C=O) groups is 1. The Morgan fingerprint density at radius 2 is 1.55 bits per heavy atom. The first kappa shape index (κ1) is 18.8. The fraction of sp³-hybridized carbons (Fsp3) is 0.160. The normalized spacial score (nSPS) is 10.9. The fourth-order valence-electron chi connectivity index (χ4n) is 3.68. The van der Waals surface area contributed by atoms with Gasteiger partial charge in [-0.05, 0) is 44.5 Å². The maximum Gasteiger partial charge on any atom is 0.339 e. The number of benzene rings is 2. The SMILES string of the molecule is CCOC(=O)c1ccc(-c2c(C)nc3ccccc3c2-c2ccccc2)nc1C. The zero-order valence-corrected chi connectivity index (χ0v) is 16.8. The number of aromatic nitrogens is 2. The lowest BCUT2D eigenvalue weighted by molar-refractivity contribution is 0.0525. The van der Waals surface area contributed by atoms with Crippen molar-refractivity contribution in [2.75, 3.05) is 6.61 Å². The Balaban J connectivity index is 1.98. The highest BCUT2D eigenvalue weighted by Gasteiger charge is 2.19. The van der Waals surface area contributed by atoms with Crippen LogP contribution in [0, 0.1) is 13.8 Å². The Hall–Kier alpha value is -3.53. The van der Waals surface area contributed by atoms with Gasteiger partial charge in [0.2, 0.25) is 0 Å². The van der Waals surface area contributed by atoms with Gasteiger partial charge in [0.05, 0.1) is 29.1 Å². The summed E-state index contributed by atoms with van der Waals surface area (Å²) in [6.45, 7) is 5.98. The highest BCUT2D eigenvalue weighted by Crippen LogP contribution is 2.38. The standard InChI is InChI=1S/C25H22N2O2/c1-4-29-25(28)19-14-15-22(26-16(19)2)23-17(3)27-21-13-9-8-12-20(21)24(23)18-10-6-5-7-11-18/h5-15H,4H2,1-3H3. The molecule has 0 saturated carbocycles. The van der Waals surface area contributed by atoms with Gasteiger partial charge < -0.3 is 4.74 Å². The van der Waals surface area contributed by atoms with Crippen LogP contribution in [0.3, 0.4) is 0 Å². The van der Waals surface area contributed by atoms with Crippen LogP contribution in [0.1, 0.15) is 28.7 Å². The first-order valence-corrected chi connectivity index (χ1v) is 9.70. The van der Waals surface area contributed by atoms with E-state index in [0.717, 1.165) is 39.0 Å². The molecule has 0 radical (unpaired) electrons. The first-order chi connectivity index (χ1) is 14.1. The van der Waals surface area contributed by atoms with Gasteiger partial charge in [-0.3, -0.25) is 9.97 Å². The fourth-order valence-corrected chi connectivity index (χ4v) is 3.68. The summed E-state index contributed by atoms with van der Waals surface area (Å²) in [5.41, 5.74) is 6.97. The van der Waals surface area contributed by atoms with Crippen LogP contribution in [0.25, 0.3) is 33.3 Å². The minimum atomic E-state index is -0.347. The second-order valence-electron chi connectivity index (χ2n) is 6.88. The third-order valence-electron chi connectivity index (χ3n) is 4.97. The topological polar surface area (TPSA) is 52.1 Å². The predicted molar refractivity (Wildman–Crippen MR) is 116 cm³/mol. The Morgan fingerprint density at radius 1 is 0.828 bits per heavy atom. The summed E-state index contributed by atoms with van der Waals surface area (Å²) >= 11 is 0. The molecule has 4 heteroatoms. The molecule has 0 spiro atoms. The van der Waals surface area contributed by atoms with Gasteiger partial charge in [-0.25, -0.2) is 4.79 Å². The second-order valence-corrected chi connectivity index (χ2v) is 6.88. The molecule has 0 saturated heterocycles. The monoisotopic (exact) mass is 382 g/mol. The minimum absolute atomic E-state index is 0.339. The minimum Gasteiger partial charge on any atom is -0.462 e. The van der Waals surface area contributed by atoms with Crippen LogP contribution in [0.2, 0.25) is 0 Å². The predicted octanol–water partition coefficient (Wildman–Crippen LogP) is 5.76. The van der Waals surface area contributed by atoms with E-state index in [9.17, 15) is 4.79 Å². The van der Waals surface area contributed by atoms with Crippen molar-refractivity contribution < 1.29 is 9.53 Å². The van der Waals surface area contributed by atoms with Crippen molar-refractivity contribution in [3.05, 3.63) is 83.7 Å². The molecule has 0 aliphatic carbocycles. The van der Waals surface area contributed by atoms with E-state index in [1.54, 1.807) is 13.0 Å². The summed E-state index contributed by atoms with van der Waals surface area (Å²) in [7, 11) is 0. The summed E-state index contributed by atoms with van der Waals surface area (Å²) in [5, 5.41) is 1.08. The molecule has 29 heavy (non-hydrogen) atoms. The lowest BCUT2D eigenvalue weighted by Gasteiger charge is -2.16. The zero-order chi connectivity index (χ0) is 20.4. The van der Waals surface area contributed by atoms with Crippen molar-refractivity contribution in [1.29, 1.82) is 0 Å². The third kappa shape index (κ3) is 3.49. The van der Waals surface area contributed by atoms with Crippen LogP contribution in [0.15, 0.2) is 66.7 Å². The summed E-state index contributed by atoms with van der Waals surface area (Å²) in [5.74, 6) is -0.347. The number of hydrogen-bond acceptors (Lipinski definition) is 4. The number of esters is 1. The van der Waals surface area contributed by atoms with E-state index in [0.29, 0.717) is 17.9 Å². The highest BCUT2D eigenvalue weighted by atomic mass is 16.5. The van der Waals surface area contributed by atoms with E-state index >= 15 is 0 Å². The molecule has 4 rings (SSSR count). The number of carbonyl (C=O) groups excluding carboxylic acids is 1. The van der Waals surface area contributed by atoms with E-state index in [4.69, 9.17) is 14.7 Å². The maximum atomic E-state index is 12.2. The quantitative estimate of drug-likeness (QED) is 0.421. The molecule has 0 N–H and O–H groups in total. The van der Waals surface area contributed by atoms with Crippen LogP contribution in [0.4, 0.5) is 0 Å². The zero-order valence-electron chi connectivity index (χ0n) is 16.8. The molecule has 2 heterocycles. The van der Waals surface area contributed by atoms with E-state index in [1.165, 1.54) is 0 Å². The molecule has 0 atom stereocenters. The number of hydrogen-bond donors (Lipinski definition) is 0. The molecule has 0 fully saturated rings. The third-order valence-corrected chi connectivity index (χ3v) is 4.97. The molecule has 0 aliphatic heterocycles. The number of rotatable bonds is 4. The van der Waals surface area contributed by atoms with Gasteiger partial charge in [0.25, 0.3) is 0 Å². The van der Waals surface area contributed by atoms with E-state index < -0.39 is 0 Å². The van der Waals surface area contributed by atoms with Crippen LogP contribution >= 0.6 is 0 Å². The van der Waals surface area contributed by atoms with Crippen molar-refractivity contribution in [3.8, 4) is 22.4 Å². The lowest BCUT2D eigenvalue weighted by atomic mass is 9.92. The van der Waals surface area contributed by atoms with E-state index in [-0.39, 0.29) is 5.97 Å². The van der Waals surface area contributed by atoms with Gasteiger partial charge in [-0.15, -0.1) is 0 Å². The number of nitrogens with zero attached hydrogens (tertiary/aromatic N) is 2. The molecular formula is C25H22N2O2. The molecule has 0 aliphatic rings. The highest BCUT2D eigenvalue weighted by molar-refractivity contribution is 6.03. The van der Waals surface area contributed by atoms with Crippen LogP contribution in [-0.2, 0) is 4.74 Å². The first-order valence-electron chi connectivity index (χ1n) is 9.70. The second kappa shape index (κ2) is 7.84. The van der Waals surface area contributed by atoms with Gasteiger partial charge in [-0.2, -0.15) is 0 Å². The average Bonchev–Trinajstić information content (AvgIpc) is 2.73. The van der Waals surface area contributed by atoms with Gasteiger partial charge in [0.15, 0.2) is 0 Å². The Morgan fingerprint density at radius 3 is 2.28 bits per heavy atom. The van der Waals surface area contributed by atoms with Crippen molar-refractivity contribution >= 4 is 16.9 Å². The van der Waals surface area contributed by atoms with E-state index in [1.807, 2.05) is 56.3 Å². The van der Waals surface area contributed by atoms with Crippen LogP contribution < -0.4 is 0 Å². The summed E-state index contributed by atoms with van der Waals surface area (Å²) in [6, 6.07) is 22.1. The van der Waals surface area contributed by atoms with Crippen molar-refractivity contribution in [2.45, 2.75) is 20.8 Å². The Kier molecular flexibility index (Phi) is 5.09. The number of aryl methyl sites for hydroxylation is 2.